The Morgan fingerprint density at radius 2 is 2.17 bits per heavy atom. The van der Waals surface area contributed by atoms with E-state index in [0.29, 0.717) is 12.8 Å². The van der Waals surface area contributed by atoms with Crippen molar-refractivity contribution in [2.45, 2.75) is 32.3 Å². The van der Waals surface area contributed by atoms with Gasteiger partial charge in [0.15, 0.2) is 0 Å². The third-order valence-corrected chi connectivity index (χ3v) is 4.49. The van der Waals surface area contributed by atoms with Crippen LogP contribution in [-0.2, 0) is 4.79 Å². The lowest BCUT2D eigenvalue weighted by atomic mass is 9.98. The molecule has 2 N–H and O–H groups in total. The number of carbonyl (C=O) groups excluding carboxylic acids is 1. The second-order valence-corrected chi connectivity index (χ2v) is 6.62. The molecule has 0 bridgehead atoms. The third-order valence-electron chi connectivity index (χ3n) is 2.90. The summed E-state index contributed by atoms with van der Waals surface area (Å²) in [5, 5.41) is 12.7. The predicted octanol–water partition coefficient (Wildman–Crippen LogP) is 3.19. The Morgan fingerprint density at radius 1 is 1.50 bits per heavy atom. The lowest BCUT2D eigenvalue weighted by Crippen LogP contribution is -2.41. The number of carbonyl (C=O) groups is 1. The molecule has 0 fully saturated rings. The SMILES string of the molecule is CCC(O)(CC)CNC(=O)C=Cc1ccc(Br)s1. The molecular formula is C13H18BrNO2S. The maximum absolute atomic E-state index is 11.6. The number of aliphatic hydroxyl groups is 1. The molecule has 1 rings (SSSR count). The predicted molar refractivity (Wildman–Crippen MR) is 79.6 cm³/mol. The van der Waals surface area contributed by atoms with Crippen LogP contribution in [0.2, 0.25) is 0 Å². The highest BCUT2D eigenvalue weighted by molar-refractivity contribution is 9.11. The highest BCUT2D eigenvalue weighted by Gasteiger charge is 2.22. The maximum Gasteiger partial charge on any atom is 0.244 e. The lowest BCUT2D eigenvalue weighted by Gasteiger charge is -2.24. The fourth-order valence-corrected chi connectivity index (χ4v) is 2.71. The largest absolute Gasteiger partial charge is 0.388 e. The molecule has 1 heterocycles. The molecule has 100 valence electrons. The summed E-state index contributed by atoms with van der Waals surface area (Å²) in [6, 6.07) is 3.88. The Morgan fingerprint density at radius 3 is 2.67 bits per heavy atom. The third kappa shape index (κ3) is 4.92. The van der Waals surface area contributed by atoms with Gasteiger partial charge in [-0.25, -0.2) is 0 Å². The molecule has 0 atom stereocenters. The summed E-state index contributed by atoms with van der Waals surface area (Å²) in [5.74, 6) is -0.181. The molecule has 0 saturated heterocycles. The monoisotopic (exact) mass is 331 g/mol. The van der Waals surface area contributed by atoms with Crippen LogP contribution in [0.4, 0.5) is 0 Å². The fourth-order valence-electron chi connectivity index (χ4n) is 1.39. The standard InChI is InChI=1S/C13H18BrNO2S/c1-3-13(17,4-2)9-15-12(16)8-6-10-5-7-11(14)18-10/h5-8,17H,3-4,9H2,1-2H3,(H,15,16). The van der Waals surface area contributed by atoms with E-state index in [1.54, 1.807) is 17.4 Å². The molecule has 1 aromatic rings. The summed E-state index contributed by atoms with van der Waals surface area (Å²) < 4.78 is 1.04. The zero-order valence-corrected chi connectivity index (χ0v) is 13.0. The van der Waals surface area contributed by atoms with Gasteiger partial charge in [0.1, 0.15) is 0 Å². The van der Waals surface area contributed by atoms with Gasteiger partial charge in [-0.2, -0.15) is 0 Å². The smallest absolute Gasteiger partial charge is 0.244 e. The molecule has 0 aliphatic heterocycles. The van der Waals surface area contributed by atoms with Crippen LogP contribution in [-0.4, -0.2) is 23.2 Å². The number of thiophene rings is 1. The molecule has 0 radical (unpaired) electrons. The lowest BCUT2D eigenvalue weighted by molar-refractivity contribution is -0.117. The van der Waals surface area contributed by atoms with E-state index in [-0.39, 0.29) is 12.5 Å². The first kappa shape index (κ1) is 15.4. The summed E-state index contributed by atoms with van der Waals surface area (Å²) in [5.41, 5.74) is -0.796. The van der Waals surface area contributed by atoms with Gasteiger partial charge >= 0.3 is 0 Å². The summed E-state index contributed by atoms with van der Waals surface area (Å²) in [4.78, 5) is 12.6. The van der Waals surface area contributed by atoms with Gasteiger partial charge in [-0.05, 0) is 47.0 Å². The summed E-state index contributed by atoms with van der Waals surface area (Å²) >= 11 is 4.93. The van der Waals surface area contributed by atoms with Gasteiger partial charge in [0.05, 0.1) is 9.39 Å². The molecule has 0 saturated carbocycles. The van der Waals surface area contributed by atoms with Gasteiger partial charge in [-0.1, -0.05) is 13.8 Å². The van der Waals surface area contributed by atoms with Crippen molar-refractivity contribution < 1.29 is 9.90 Å². The van der Waals surface area contributed by atoms with Crippen LogP contribution in [0.25, 0.3) is 6.08 Å². The van der Waals surface area contributed by atoms with Crippen molar-refractivity contribution in [2.24, 2.45) is 0 Å². The Labute approximate surface area is 120 Å². The minimum absolute atomic E-state index is 0.181. The Hall–Kier alpha value is -0.650. The van der Waals surface area contributed by atoms with Crippen molar-refractivity contribution in [3.8, 4) is 0 Å². The van der Waals surface area contributed by atoms with Gasteiger partial charge in [-0.15, -0.1) is 11.3 Å². The Kier molecular flexibility index (Phi) is 6.05. The first-order valence-corrected chi connectivity index (χ1v) is 7.53. The van der Waals surface area contributed by atoms with Crippen molar-refractivity contribution >= 4 is 39.2 Å². The molecule has 0 aliphatic carbocycles. The number of halogens is 1. The summed E-state index contributed by atoms with van der Waals surface area (Å²) in [6.45, 7) is 4.11. The van der Waals surface area contributed by atoms with E-state index in [1.807, 2.05) is 26.0 Å². The summed E-state index contributed by atoms with van der Waals surface area (Å²) in [6.07, 6.45) is 4.52. The number of hydrogen-bond acceptors (Lipinski definition) is 3. The molecule has 18 heavy (non-hydrogen) atoms. The molecular weight excluding hydrogens is 314 g/mol. The molecule has 1 aromatic heterocycles. The van der Waals surface area contributed by atoms with Crippen LogP contribution in [0.15, 0.2) is 22.0 Å². The highest BCUT2D eigenvalue weighted by atomic mass is 79.9. The van der Waals surface area contributed by atoms with E-state index in [9.17, 15) is 9.90 Å². The number of rotatable bonds is 6. The van der Waals surface area contributed by atoms with Crippen LogP contribution < -0.4 is 5.32 Å². The highest BCUT2D eigenvalue weighted by Crippen LogP contribution is 2.22. The summed E-state index contributed by atoms with van der Waals surface area (Å²) in [7, 11) is 0. The minimum Gasteiger partial charge on any atom is -0.388 e. The first-order chi connectivity index (χ1) is 8.49. The van der Waals surface area contributed by atoms with Gasteiger partial charge in [0.25, 0.3) is 0 Å². The van der Waals surface area contributed by atoms with E-state index in [2.05, 4.69) is 21.2 Å². The van der Waals surface area contributed by atoms with Gasteiger partial charge in [-0.3, -0.25) is 4.79 Å². The topological polar surface area (TPSA) is 49.3 Å². The van der Waals surface area contributed by atoms with Crippen molar-refractivity contribution in [3.63, 3.8) is 0 Å². The van der Waals surface area contributed by atoms with Gasteiger partial charge in [0.2, 0.25) is 5.91 Å². The van der Waals surface area contributed by atoms with Gasteiger partial charge < -0.3 is 10.4 Å². The van der Waals surface area contributed by atoms with E-state index < -0.39 is 5.60 Å². The average Bonchev–Trinajstić information content (AvgIpc) is 2.79. The van der Waals surface area contributed by atoms with Crippen molar-refractivity contribution in [1.82, 2.24) is 5.32 Å². The Balaban J connectivity index is 2.45. The number of hydrogen-bond donors (Lipinski definition) is 2. The van der Waals surface area contributed by atoms with E-state index in [1.165, 1.54) is 6.08 Å². The second-order valence-electron chi connectivity index (χ2n) is 4.12. The van der Waals surface area contributed by atoms with Crippen molar-refractivity contribution in [1.29, 1.82) is 0 Å². The number of nitrogens with one attached hydrogen (secondary N) is 1. The molecule has 0 spiro atoms. The molecule has 0 aromatic carbocycles. The molecule has 5 heteroatoms. The average molecular weight is 332 g/mol. The second kappa shape index (κ2) is 7.07. The fraction of sp³-hybridized carbons (Fsp3) is 0.462. The quantitative estimate of drug-likeness (QED) is 0.786. The van der Waals surface area contributed by atoms with E-state index in [0.717, 1.165) is 8.66 Å². The van der Waals surface area contributed by atoms with Gasteiger partial charge in [0, 0.05) is 17.5 Å². The molecule has 1 amide bonds. The van der Waals surface area contributed by atoms with Crippen LogP contribution in [0.1, 0.15) is 31.6 Å². The van der Waals surface area contributed by atoms with Crippen LogP contribution in [0, 0.1) is 0 Å². The first-order valence-electron chi connectivity index (χ1n) is 5.92. The zero-order valence-electron chi connectivity index (χ0n) is 10.6. The zero-order chi connectivity index (χ0) is 13.6. The van der Waals surface area contributed by atoms with Crippen LogP contribution in [0.5, 0.6) is 0 Å². The normalized spacial score (nSPS) is 12.0. The van der Waals surface area contributed by atoms with Crippen LogP contribution in [0.3, 0.4) is 0 Å². The minimum atomic E-state index is -0.796. The van der Waals surface area contributed by atoms with E-state index >= 15 is 0 Å². The van der Waals surface area contributed by atoms with Crippen LogP contribution >= 0.6 is 27.3 Å². The molecule has 0 aliphatic rings. The van der Waals surface area contributed by atoms with Crippen molar-refractivity contribution in [2.75, 3.05) is 6.54 Å². The van der Waals surface area contributed by atoms with E-state index in [4.69, 9.17) is 0 Å². The Bertz CT molecular complexity index is 424. The number of amides is 1. The molecule has 0 unspecified atom stereocenters. The van der Waals surface area contributed by atoms with Crippen molar-refractivity contribution in [3.05, 3.63) is 26.9 Å². The molecule has 3 nitrogen and oxygen atoms in total. The maximum atomic E-state index is 11.6.